The Balaban J connectivity index is 2.60. The fraction of sp³-hybridized carbons (Fsp3) is 0.500. The van der Waals surface area contributed by atoms with Gasteiger partial charge in [-0.15, -0.1) is 0 Å². The summed E-state index contributed by atoms with van der Waals surface area (Å²) in [4.78, 5) is 0. The fourth-order valence-corrected chi connectivity index (χ4v) is 1.78. The van der Waals surface area contributed by atoms with Crippen LogP contribution < -0.4 is 5.32 Å². The van der Waals surface area contributed by atoms with Crippen molar-refractivity contribution in [1.29, 1.82) is 0 Å². The zero-order valence-corrected chi connectivity index (χ0v) is 11.5. The standard InChI is InChI=1S/C12H16BrF2NO/c1-8(5-6-17-2)16-7-9-11(14)4-3-10(13)12(9)15/h3-4,8,16H,5-7H2,1-2H3. The average Bonchev–Trinajstić information content (AvgIpc) is 2.31. The van der Waals surface area contributed by atoms with Gasteiger partial charge in [0, 0.05) is 31.9 Å². The van der Waals surface area contributed by atoms with Gasteiger partial charge in [0.25, 0.3) is 0 Å². The first-order valence-corrected chi connectivity index (χ1v) is 6.20. The maximum absolute atomic E-state index is 13.6. The highest BCUT2D eigenvalue weighted by atomic mass is 79.9. The maximum Gasteiger partial charge on any atom is 0.144 e. The molecule has 17 heavy (non-hydrogen) atoms. The van der Waals surface area contributed by atoms with Crippen molar-refractivity contribution in [2.75, 3.05) is 13.7 Å². The van der Waals surface area contributed by atoms with Crippen LogP contribution >= 0.6 is 15.9 Å². The molecular formula is C12H16BrF2NO. The lowest BCUT2D eigenvalue weighted by Crippen LogP contribution is -2.27. The van der Waals surface area contributed by atoms with Crippen molar-refractivity contribution in [3.05, 3.63) is 33.8 Å². The van der Waals surface area contributed by atoms with E-state index in [9.17, 15) is 8.78 Å². The summed E-state index contributed by atoms with van der Waals surface area (Å²) in [7, 11) is 1.63. The minimum absolute atomic E-state index is 0.0589. The van der Waals surface area contributed by atoms with E-state index >= 15 is 0 Å². The van der Waals surface area contributed by atoms with Crippen LogP contribution in [0.5, 0.6) is 0 Å². The number of halogens is 3. The summed E-state index contributed by atoms with van der Waals surface area (Å²) in [5, 5.41) is 3.06. The SMILES string of the molecule is COCCC(C)NCc1c(F)ccc(Br)c1F. The second-order valence-corrected chi connectivity index (χ2v) is 4.74. The molecule has 0 amide bonds. The van der Waals surface area contributed by atoms with Crippen molar-refractivity contribution in [2.24, 2.45) is 0 Å². The van der Waals surface area contributed by atoms with Gasteiger partial charge in [-0.1, -0.05) is 0 Å². The van der Waals surface area contributed by atoms with E-state index in [4.69, 9.17) is 4.74 Å². The smallest absolute Gasteiger partial charge is 0.144 e. The number of benzene rings is 1. The molecule has 1 aromatic carbocycles. The molecule has 1 aromatic rings. The first-order valence-electron chi connectivity index (χ1n) is 5.41. The van der Waals surface area contributed by atoms with Crippen LogP contribution in [0.4, 0.5) is 8.78 Å². The molecule has 0 heterocycles. The van der Waals surface area contributed by atoms with E-state index in [1.165, 1.54) is 12.1 Å². The first kappa shape index (κ1) is 14.5. The number of hydrogen-bond donors (Lipinski definition) is 1. The summed E-state index contributed by atoms with van der Waals surface area (Å²) in [5.74, 6) is -1.08. The molecule has 1 atom stereocenters. The van der Waals surface area contributed by atoms with E-state index < -0.39 is 11.6 Å². The summed E-state index contributed by atoms with van der Waals surface area (Å²) in [6.07, 6.45) is 0.799. The highest BCUT2D eigenvalue weighted by Crippen LogP contribution is 2.21. The van der Waals surface area contributed by atoms with Gasteiger partial charge in [0.05, 0.1) is 4.47 Å². The van der Waals surface area contributed by atoms with Gasteiger partial charge in [-0.25, -0.2) is 8.78 Å². The summed E-state index contributed by atoms with van der Waals surface area (Å²) < 4.78 is 32.2. The zero-order valence-electron chi connectivity index (χ0n) is 9.90. The third-order valence-electron chi connectivity index (χ3n) is 2.52. The van der Waals surface area contributed by atoms with Gasteiger partial charge in [-0.3, -0.25) is 0 Å². The van der Waals surface area contributed by atoms with Crippen LogP contribution in [-0.4, -0.2) is 19.8 Å². The third-order valence-corrected chi connectivity index (χ3v) is 3.13. The molecule has 0 aliphatic heterocycles. The minimum atomic E-state index is -0.545. The van der Waals surface area contributed by atoms with Crippen LogP contribution in [0, 0.1) is 11.6 Å². The predicted molar refractivity (Wildman–Crippen MR) is 66.9 cm³/mol. The number of ether oxygens (including phenoxy) is 1. The lowest BCUT2D eigenvalue weighted by molar-refractivity contribution is 0.184. The molecule has 0 radical (unpaired) electrons. The molecular weight excluding hydrogens is 292 g/mol. The molecule has 0 spiro atoms. The molecule has 0 aliphatic rings. The van der Waals surface area contributed by atoms with Gasteiger partial charge in [0.15, 0.2) is 0 Å². The van der Waals surface area contributed by atoms with E-state index in [0.717, 1.165) is 6.42 Å². The van der Waals surface area contributed by atoms with E-state index in [1.54, 1.807) is 7.11 Å². The van der Waals surface area contributed by atoms with Crippen LogP contribution in [0.25, 0.3) is 0 Å². The van der Waals surface area contributed by atoms with Crippen LogP contribution in [0.15, 0.2) is 16.6 Å². The molecule has 96 valence electrons. The van der Waals surface area contributed by atoms with Crippen molar-refractivity contribution in [3.8, 4) is 0 Å². The molecule has 0 saturated heterocycles. The van der Waals surface area contributed by atoms with Crippen LogP contribution in [0.1, 0.15) is 18.9 Å². The molecule has 0 fully saturated rings. The van der Waals surface area contributed by atoms with Gasteiger partial charge < -0.3 is 10.1 Å². The molecule has 0 saturated carbocycles. The Morgan fingerprint density at radius 1 is 1.41 bits per heavy atom. The van der Waals surface area contributed by atoms with E-state index in [2.05, 4.69) is 21.2 Å². The Kier molecular flexibility index (Phi) is 6.02. The van der Waals surface area contributed by atoms with Gasteiger partial charge >= 0.3 is 0 Å². The Morgan fingerprint density at radius 2 is 2.12 bits per heavy atom. The fourth-order valence-electron chi connectivity index (χ4n) is 1.40. The molecule has 0 bridgehead atoms. The van der Waals surface area contributed by atoms with Crippen LogP contribution in [-0.2, 0) is 11.3 Å². The Morgan fingerprint density at radius 3 is 2.76 bits per heavy atom. The van der Waals surface area contributed by atoms with E-state index in [1.807, 2.05) is 6.92 Å². The maximum atomic E-state index is 13.6. The van der Waals surface area contributed by atoms with Crippen molar-refractivity contribution >= 4 is 15.9 Å². The van der Waals surface area contributed by atoms with Gasteiger partial charge in [0.2, 0.25) is 0 Å². The second-order valence-electron chi connectivity index (χ2n) is 3.89. The molecule has 5 heteroatoms. The minimum Gasteiger partial charge on any atom is -0.385 e. The number of nitrogens with one attached hydrogen (secondary N) is 1. The van der Waals surface area contributed by atoms with Gasteiger partial charge in [-0.2, -0.15) is 0 Å². The normalized spacial score (nSPS) is 12.8. The number of rotatable bonds is 6. The molecule has 1 rings (SSSR count). The topological polar surface area (TPSA) is 21.3 Å². The summed E-state index contributed by atoms with van der Waals surface area (Å²) in [6, 6.07) is 2.76. The Labute approximate surface area is 108 Å². The number of hydrogen-bond acceptors (Lipinski definition) is 2. The summed E-state index contributed by atoms with van der Waals surface area (Å²) >= 11 is 3.04. The lowest BCUT2D eigenvalue weighted by atomic mass is 10.1. The van der Waals surface area contributed by atoms with E-state index in [-0.39, 0.29) is 22.6 Å². The predicted octanol–water partition coefficient (Wildman–Crippen LogP) is 3.24. The van der Waals surface area contributed by atoms with Crippen molar-refractivity contribution in [2.45, 2.75) is 25.9 Å². The molecule has 2 nitrogen and oxygen atoms in total. The second kappa shape index (κ2) is 7.03. The third kappa shape index (κ3) is 4.33. The Bertz CT molecular complexity index is 374. The average molecular weight is 308 g/mol. The molecule has 1 unspecified atom stereocenters. The molecule has 0 aromatic heterocycles. The zero-order chi connectivity index (χ0) is 12.8. The van der Waals surface area contributed by atoms with Crippen molar-refractivity contribution in [1.82, 2.24) is 5.32 Å². The molecule has 1 N–H and O–H groups in total. The van der Waals surface area contributed by atoms with Gasteiger partial charge in [0.1, 0.15) is 11.6 Å². The summed E-state index contributed by atoms with van der Waals surface area (Å²) in [5.41, 5.74) is 0.0589. The lowest BCUT2D eigenvalue weighted by Gasteiger charge is -2.14. The van der Waals surface area contributed by atoms with Crippen molar-refractivity contribution < 1.29 is 13.5 Å². The van der Waals surface area contributed by atoms with Crippen molar-refractivity contribution in [3.63, 3.8) is 0 Å². The van der Waals surface area contributed by atoms with Crippen LogP contribution in [0.3, 0.4) is 0 Å². The largest absolute Gasteiger partial charge is 0.385 e. The molecule has 0 aliphatic carbocycles. The van der Waals surface area contributed by atoms with E-state index in [0.29, 0.717) is 6.61 Å². The summed E-state index contributed by atoms with van der Waals surface area (Å²) in [6.45, 7) is 2.74. The highest BCUT2D eigenvalue weighted by molar-refractivity contribution is 9.10. The highest BCUT2D eigenvalue weighted by Gasteiger charge is 2.12. The number of methoxy groups -OCH3 is 1. The van der Waals surface area contributed by atoms with Crippen LogP contribution in [0.2, 0.25) is 0 Å². The first-order chi connectivity index (χ1) is 8.06. The quantitative estimate of drug-likeness (QED) is 0.815. The van der Waals surface area contributed by atoms with Gasteiger partial charge in [-0.05, 0) is 41.4 Å². The monoisotopic (exact) mass is 307 g/mol. The Hall–Kier alpha value is -0.520.